The molecule has 0 spiro atoms. The number of thiol groups is 2. The van der Waals surface area contributed by atoms with Crippen LogP contribution in [-0.4, -0.2) is 309 Å². The minimum atomic E-state index is -1.79. The van der Waals surface area contributed by atoms with Crippen LogP contribution in [0.25, 0.3) is 21.0 Å². The molecule has 8 amide bonds. The molecule has 0 aliphatic carbocycles. The van der Waals surface area contributed by atoms with Crippen LogP contribution in [0.1, 0.15) is 49.8 Å². The molecule has 556 valence electrons. The van der Waals surface area contributed by atoms with Crippen molar-refractivity contribution < 1.29 is 88.2 Å². The first kappa shape index (κ1) is 85.7. The van der Waals surface area contributed by atoms with Gasteiger partial charge in [0.25, 0.3) is 0 Å². The van der Waals surface area contributed by atoms with Gasteiger partial charge in [-0.2, -0.15) is 25.3 Å². The summed E-state index contributed by atoms with van der Waals surface area (Å²) in [4.78, 5) is 173. The number of nitrogens with two attached hydrogens (primary N) is 1. The molecule has 0 unspecified atom stereocenters. The normalized spacial score (nSPS) is 16.5. The van der Waals surface area contributed by atoms with Gasteiger partial charge in [-0.1, -0.05) is 66.7 Å². The predicted octanol–water partition coefficient (Wildman–Crippen LogP) is -2.78. The number of aliphatic hydroxyl groups is 2. The Bertz CT molecular complexity index is 3650. The Balaban J connectivity index is 0.0000191. The molecule has 3 aromatic carbocycles. The fourth-order valence-electron chi connectivity index (χ4n) is 11.4. The summed E-state index contributed by atoms with van der Waals surface area (Å²) in [5.41, 5.74) is 8.29. The number of amides is 8. The van der Waals surface area contributed by atoms with Gasteiger partial charge in [0, 0.05) is 105 Å². The number of H-pyrrole nitrogens is 1. The largest absolute Gasteiger partial charge is 3.00 e. The van der Waals surface area contributed by atoms with Crippen LogP contribution in [0.15, 0.2) is 90.4 Å². The molecular formula is C67H92InN14O18S3+3. The zero-order valence-electron chi connectivity index (χ0n) is 57.1. The number of hydrogen-bond donors (Lipinski definition) is 18. The number of carbonyl (C=O) groups excluding carboxylic acids is 8. The molecule has 36 heteroatoms. The number of para-hydroxylation sites is 1. The molecule has 1 saturated heterocycles. The molecule has 0 saturated carbocycles. The van der Waals surface area contributed by atoms with Crippen LogP contribution in [-0.2, 0) is 76.8 Å². The van der Waals surface area contributed by atoms with Gasteiger partial charge in [-0.3, -0.25) is 72.3 Å². The second kappa shape index (κ2) is 43.4. The van der Waals surface area contributed by atoms with Crippen LogP contribution < -0.4 is 48.3 Å². The molecule has 17 N–H and O–H groups in total. The van der Waals surface area contributed by atoms with E-state index in [1.807, 2.05) is 23.6 Å². The third kappa shape index (κ3) is 27.9. The van der Waals surface area contributed by atoms with Crippen molar-refractivity contribution >= 4 is 155 Å². The second-order valence-corrected chi connectivity index (χ2v) is 26.5. The van der Waals surface area contributed by atoms with E-state index in [0.29, 0.717) is 34.0 Å². The Morgan fingerprint density at radius 2 is 0.883 bits per heavy atom. The van der Waals surface area contributed by atoms with Crippen LogP contribution in [0.3, 0.4) is 0 Å². The molecule has 5 aromatic rings. The van der Waals surface area contributed by atoms with E-state index in [-0.39, 0.29) is 136 Å². The van der Waals surface area contributed by atoms with Gasteiger partial charge >= 0.3 is 49.7 Å². The Hall–Kier alpha value is -7.91. The standard InChI is InChI=1S/C67H92N14O18S3.In/c1-39(82)58(66(97)75-52(37-101)65(96)77-59(40(2)83)67(98)99)76-60(91)47(17-10-11-19-68)71-62(93)49(29-42-31-69-46-16-8-6-14-44(42)46)72-63(94)50(30-43-38-102-53-18-9-7-15-45(43)53)73-64(95)51(36-100)74-61(92)48(28-41-12-4-3-5-13-41)70-54(84)32-78-20-22-79(33-55(85)86)24-26-81(35-57(89)90)27-25-80(23-21-78)34-56(87)88;/h3-9,12-16,18,31,38-40,47-52,58-59,69,82-83,100-101H,10-11,17,19-30,32-37,68H2,1-2H3,(H,70,84)(H,71,93)(H,72,94)(H,73,95)(H,74,92)(H,75,97)(H,76,91)(H,77,96)(H,85,86)(H,87,88)(H,89,90)(H,98,99);/q;+3/t39-,40-,47+,48-,49-,50+,51+,52+,58+,59+;/m1./s1/i;1-4. The van der Waals surface area contributed by atoms with Gasteiger partial charge < -0.3 is 83.9 Å². The van der Waals surface area contributed by atoms with Crippen molar-refractivity contribution in [2.75, 3.05) is 96.6 Å². The van der Waals surface area contributed by atoms with Crippen molar-refractivity contribution in [1.82, 2.24) is 67.1 Å². The number of thiophene rings is 1. The summed E-state index contributed by atoms with van der Waals surface area (Å²) in [6.07, 6.45) is -1.51. The van der Waals surface area contributed by atoms with E-state index in [1.54, 1.807) is 86.5 Å². The number of fused-ring (bicyclic) bond motifs is 2. The number of nitrogens with one attached hydrogen (secondary N) is 9. The number of rotatable bonds is 38. The van der Waals surface area contributed by atoms with E-state index in [1.165, 1.54) is 18.3 Å². The van der Waals surface area contributed by atoms with Crippen molar-refractivity contribution in [2.45, 2.75) is 113 Å². The quantitative estimate of drug-likeness (QED) is 0.0140. The number of benzene rings is 3. The average Bonchev–Trinajstić information content (AvgIpc) is 1.72. The summed E-state index contributed by atoms with van der Waals surface area (Å²) in [6.45, 7) is 1.94. The van der Waals surface area contributed by atoms with Crippen LogP contribution in [0.2, 0.25) is 0 Å². The molecule has 2 aromatic heterocycles. The third-order valence-corrected chi connectivity index (χ3v) is 18.7. The third-order valence-electron chi connectivity index (χ3n) is 17.0. The summed E-state index contributed by atoms with van der Waals surface area (Å²) >= 11 is 9.96. The zero-order chi connectivity index (χ0) is 74.6. The maximum Gasteiger partial charge on any atom is 3.00 e. The number of carboxylic acids is 4. The van der Waals surface area contributed by atoms with Gasteiger partial charge in [0.1, 0.15) is 42.3 Å². The summed E-state index contributed by atoms with van der Waals surface area (Å²) in [5, 5.41) is 83.5. The fraction of sp³-hybridized carbons (Fsp3) is 0.493. The fourth-order valence-corrected chi connectivity index (χ4v) is 12.9. The zero-order valence-corrected chi connectivity index (χ0v) is 63.0. The van der Waals surface area contributed by atoms with Gasteiger partial charge in [0.2, 0.25) is 47.3 Å². The number of carboxylic acid groups (broad SMARTS) is 4. The van der Waals surface area contributed by atoms with E-state index in [9.17, 15) is 78.6 Å². The maximum absolute atomic E-state index is 15.3. The van der Waals surface area contributed by atoms with Crippen molar-refractivity contribution in [3.63, 3.8) is 0 Å². The van der Waals surface area contributed by atoms with E-state index in [0.717, 1.165) is 17.0 Å². The molecule has 1 aliphatic heterocycles. The van der Waals surface area contributed by atoms with Crippen LogP contribution in [0.5, 0.6) is 0 Å². The average molecular weight is 1590 g/mol. The number of carbonyl (C=O) groups is 12. The summed E-state index contributed by atoms with van der Waals surface area (Å²) in [5.74, 6) is -13.0. The molecule has 0 bridgehead atoms. The molecule has 6 rings (SSSR count). The summed E-state index contributed by atoms with van der Waals surface area (Å²) in [6, 6.07) is 10.7. The number of aliphatic carboxylic acids is 4. The van der Waals surface area contributed by atoms with Crippen LogP contribution in [0.4, 0.5) is 0 Å². The number of hydrogen-bond acceptors (Lipinski definition) is 22. The Morgan fingerprint density at radius 3 is 1.38 bits per heavy atom. The van der Waals surface area contributed by atoms with Crippen molar-refractivity contribution in [2.24, 2.45) is 5.73 Å². The van der Waals surface area contributed by atoms with Crippen molar-refractivity contribution in [3.05, 3.63) is 107 Å². The summed E-state index contributed by atoms with van der Waals surface area (Å²) in [7, 11) is 0. The summed E-state index contributed by atoms with van der Waals surface area (Å²) < 4.78 is 0.846. The Kier molecular flexibility index (Phi) is 36.1. The molecule has 32 nitrogen and oxygen atoms in total. The molecule has 1 fully saturated rings. The Morgan fingerprint density at radius 1 is 0.476 bits per heavy atom. The van der Waals surface area contributed by atoms with Gasteiger partial charge in [0.05, 0.1) is 38.4 Å². The minimum Gasteiger partial charge on any atom is -0.480 e. The molecule has 0 radical (unpaired) electrons. The topological polar surface area (TPSA) is 477 Å². The van der Waals surface area contributed by atoms with Gasteiger partial charge in [-0.15, -0.1) is 11.3 Å². The predicted molar refractivity (Wildman–Crippen MR) is 389 cm³/mol. The maximum atomic E-state index is 15.3. The molecule has 1 aliphatic rings. The number of aliphatic hydroxyl groups excluding tert-OH is 2. The minimum absolute atomic E-state index is 0. The van der Waals surface area contributed by atoms with Crippen molar-refractivity contribution in [3.8, 4) is 0 Å². The van der Waals surface area contributed by atoms with E-state index < -0.39 is 151 Å². The first-order valence-corrected chi connectivity index (χ1v) is 35.3. The number of aromatic nitrogens is 1. The van der Waals surface area contributed by atoms with Gasteiger partial charge in [0.15, 0.2) is 6.04 Å². The van der Waals surface area contributed by atoms with Gasteiger partial charge in [-0.05, 0) is 79.2 Å². The van der Waals surface area contributed by atoms with E-state index >= 15 is 9.59 Å². The first-order valence-electron chi connectivity index (χ1n) is 33.2. The van der Waals surface area contributed by atoms with Gasteiger partial charge in [-0.25, -0.2) is 4.79 Å². The van der Waals surface area contributed by atoms with Crippen LogP contribution in [0, 0.1) is 0 Å². The SMILES string of the molecule is C[C@@H](O)[C@H](NC(=O)[C@H](CS)NC(=O)[C@@H](NC(=O)[C@H](CCCCN)NC(=O)[C@@H](Cc1c[nH]c2ccccc12)NC(=O)[C@H](Cc1csc2ccccc12)NC(=O)[C@H](CS)NC(=O)[C@@H](Cc1ccccc1)NC(=O)CN1CCN(CC(=O)O)CCN(CC(=O)O)CCN(CC(=O)O)CC1)[C@@H](C)O)C(=O)O.[111In+3]. The second-order valence-electron chi connectivity index (χ2n) is 24.9. The Labute approximate surface area is 628 Å². The smallest absolute Gasteiger partial charge is 0.480 e. The molecule has 103 heavy (non-hydrogen) atoms. The first-order chi connectivity index (χ1) is 48.7. The van der Waals surface area contributed by atoms with E-state index in [4.69, 9.17) is 5.73 Å². The number of unbranched alkanes of at least 4 members (excludes halogenated alkanes) is 1. The van der Waals surface area contributed by atoms with Crippen LogP contribution >= 0.6 is 36.6 Å². The number of aromatic amines is 1. The monoisotopic (exact) mass is 1590 g/mol. The van der Waals surface area contributed by atoms with Crippen molar-refractivity contribution in [1.29, 1.82) is 0 Å². The number of nitrogens with zero attached hydrogens (tertiary/aromatic N) is 4. The molecule has 10 atom stereocenters. The molecule has 3 heterocycles. The molecular weight excluding hydrogens is 1500 g/mol. The van der Waals surface area contributed by atoms with E-state index in [2.05, 4.69) is 72.8 Å².